The molecular formula is C21H17FIN4O-. The Bertz CT molecular complexity index is 1120. The second-order valence-corrected chi connectivity index (χ2v) is 7.98. The summed E-state index contributed by atoms with van der Waals surface area (Å²) >= 11 is -0.335. The number of rotatable bonds is 4. The third-order valence-corrected chi connectivity index (χ3v) is 6.38. The van der Waals surface area contributed by atoms with E-state index in [-0.39, 0.29) is 33.0 Å². The Labute approximate surface area is 172 Å². The van der Waals surface area contributed by atoms with Gasteiger partial charge in [0.05, 0.1) is 0 Å². The van der Waals surface area contributed by atoms with Gasteiger partial charge in [-0.15, -0.1) is 0 Å². The predicted octanol–water partition coefficient (Wildman–Crippen LogP) is 1.47. The topological polar surface area (TPSA) is 70.4 Å². The van der Waals surface area contributed by atoms with Gasteiger partial charge in [0, 0.05) is 0 Å². The van der Waals surface area contributed by atoms with Gasteiger partial charge in [-0.1, -0.05) is 0 Å². The number of nitrogens with zero attached hydrogens (tertiary/aromatic N) is 3. The summed E-state index contributed by atoms with van der Waals surface area (Å²) in [5.74, 6) is 0.399. The zero-order valence-electron chi connectivity index (χ0n) is 15.0. The first-order valence-corrected chi connectivity index (χ1v) is 10.8. The van der Waals surface area contributed by atoms with Crippen molar-refractivity contribution in [2.24, 2.45) is 3.21 Å². The molecule has 0 aliphatic carbocycles. The minimum absolute atomic E-state index is 0.0609. The normalized spacial score (nSPS) is 14.1. The zero-order chi connectivity index (χ0) is 19.5. The number of anilines is 1. The molecular weight excluding hydrogens is 470 g/mol. The molecule has 0 amide bonds. The van der Waals surface area contributed by atoms with E-state index in [1.165, 1.54) is 18.5 Å². The van der Waals surface area contributed by atoms with Gasteiger partial charge < -0.3 is 0 Å². The molecule has 142 valence electrons. The van der Waals surface area contributed by atoms with Gasteiger partial charge in [0.2, 0.25) is 0 Å². The van der Waals surface area contributed by atoms with E-state index in [0.717, 1.165) is 22.4 Å². The van der Waals surface area contributed by atoms with E-state index < -0.39 is 0 Å². The fourth-order valence-electron chi connectivity index (χ4n) is 2.84. The fourth-order valence-corrected chi connectivity index (χ4v) is 4.36. The first-order chi connectivity index (χ1) is 13.6. The Hall–Kier alpha value is -2.81. The molecule has 1 aliphatic rings. The maximum absolute atomic E-state index is 13.2. The summed E-state index contributed by atoms with van der Waals surface area (Å²) in [4.78, 5) is 8.56. The monoisotopic (exact) mass is 487 g/mol. The molecule has 0 saturated heterocycles. The Balaban J connectivity index is 1.68. The van der Waals surface area contributed by atoms with Gasteiger partial charge in [-0.2, -0.15) is 0 Å². The second kappa shape index (κ2) is 8.05. The van der Waals surface area contributed by atoms with Crippen LogP contribution in [0.15, 0.2) is 67.7 Å². The van der Waals surface area contributed by atoms with Gasteiger partial charge in [-0.05, 0) is 0 Å². The van der Waals surface area contributed by atoms with Crippen LogP contribution in [0.5, 0.6) is 5.75 Å². The van der Waals surface area contributed by atoms with Gasteiger partial charge in [-0.3, -0.25) is 0 Å². The number of nitrogens with one attached hydrogen (secondary N) is 1. The van der Waals surface area contributed by atoms with Gasteiger partial charge in [0.15, 0.2) is 0 Å². The van der Waals surface area contributed by atoms with E-state index in [0.29, 0.717) is 23.3 Å². The number of aromatic nitrogens is 2. The van der Waals surface area contributed by atoms with Gasteiger partial charge >= 0.3 is 168 Å². The SMILES string of the molecule is CC1=N[I-]C=C(CNc2ncnc3c(O)cc(-c4ccc(F)cc4)cc23)C=C1. The van der Waals surface area contributed by atoms with Crippen LogP contribution in [0.1, 0.15) is 6.92 Å². The van der Waals surface area contributed by atoms with Crippen molar-refractivity contribution in [2.75, 3.05) is 11.9 Å². The van der Waals surface area contributed by atoms with Crippen molar-refractivity contribution in [3.63, 3.8) is 0 Å². The van der Waals surface area contributed by atoms with E-state index in [9.17, 15) is 9.50 Å². The first kappa shape index (κ1) is 18.5. The Morgan fingerprint density at radius 2 is 1.89 bits per heavy atom. The molecule has 2 aromatic carbocycles. The van der Waals surface area contributed by atoms with E-state index >= 15 is 0 Å². The molecule has 2 N–H and O–H groups in total. The third kappa shape index (κ3) is 4.04. The summed E-state index contributed by atoms with van der Waals surface area (Å²) in [6.07, 6.45) is 5.50. The molecule has 3 aromatic rings. The molecule has 0 saturated carbocycles. The number of aromatic hydroxyl groups is 1. The van der Waals surface area contributed by atoms with Crippen LogP contribution in [-0.2, 0) is 0 Å². The van der Waals surface area contributed by atoms with E-state index in [4.69, 9.17) is 0 Å². The molecule has 1 aromatic heterocycles. The Morgan fingerprint density at radius 3 is 2.71 bits per heavy atom. The molecule has 0 spiro atoms. The summed E-state index contributed by atoms with van der Waals surface area (Å²) in [5.41, 5.74) is 4.24. The molecule has 5 nitrogen and oxygen atoms in total. The quantitative estimate of drug-likeness (QED) is 0.548. The van der Waals surface area contributed by atoms with Crippen molar-refractivity contribution in [1.29, 1.82) is 0 Å². The van der Waals surface area contributed by atoms with Crippen molar-refractivity contribution in [1.82, 2.24) is 9.97 Å². The molecule has 0 fully saturated rings. The Kier molecular flexibility index (Phi) is 5.34. The molecule has 7 heteroatoms. The summed E-state index contributed by atoms with van der Waals surface area (Å²) < 4.78 is 19.9. The van der Waals surface area contributed by atoms with E-state index in [2.05, 4.69) is 28.6 Å². The summed E-state index contributed by atoms with van der Waals surface area (Å²) in [6, 6.07) is 9.69. The summed E-state index contributed by atoms with van der Waals surface area (Å²) in [5, 5.41) is 14.5. The number of phenolic OH excluding ortho intramolecular Hbond substituents is 1. The predicted molar refractivity (Wildman–Crippen MR) is 105 cm³/mol. The van der Waals surface area contributed by atoms with Crippen LogP contribution in [0, 0.1) is 5.82 Å². The van der Waals surface area contributed by atoms with Crippen molar-refractivity contribution < 1.29 is 31.0 Å². The van der Waals surface area contributed by atoms with Crippen LogP contribution in [0.25, 0.3) is 22.0 Å². The van der Waals surface area contributed by atoms with Crippen LogP contribution < -0.4 is 26.8 Å². The van der Waals surface area contributed by atoms with Crippen molar-refractivity contribution in [2.45, 2.75) is 6.92 Å². The van der Waals surface area contributed by atoms with Crippen LogP contribution >= 0.6 is 0 Å². The number of benzene rings is 2. The van der Waals surface area contributed by atoms with Gasteiger partial charge in [-0.25, -0.2) is 4.39 Å². The van der Waals surface area contributed by atoms with Gasteiger partial charge in [0.1, 0.15) is 0 Å². The van der Waals surface area contributed by atoms with Crippen LogP contribution in [0.4, 0.5) is 10.2 Å². The van der Waals surface area contributed by atoms with Gasteiger partial charge in [0.25, 0.3) is 0 Å². The molecule has 1 aliphatic heterocycles. The number of phenols is 1. The van der Waals surface area contributed by atoms with Crippen molar-refractivity contribution >= 4 is 22.4 Å². The van der Waals surface area contributed by atoms with Crippen LogP contribution in [0.2, 0.25) is 0 Å². The molecule has 0 bridgehead atoms. The number of hydrogen-bond donors (Lipinski definition) is 2. The average Bonchev–Trinajstić information content (AvgIpc) is 2.91. The van der Waals surface area contributed by atoms with Crippen molar-refractivity contribution in [3.8, 4) is 16.9 Å². The first-order valence-electron chi connectivity index (χ1n) is 8.62. The molecule has 28 heavy (non-hydrogen) atoms. The Morgan fingerprint density at radius 1 is 1.07 bits per heavy atom. The van der Waals surface area contributed by atoms with Crippen LogP contribution in [0.3, 0.4) is 0 Å². The molecule has 4 rings (SSSR count). The molecule has 0 radical (unpaired) electrons. The maximum atomic E-state index is 13.2. The average molecular weight is 487 g/mol. The molecule has 2 heterocycles. The number of halogens is 2. The van der Waals surface area contributed by atoms with E-state index in [1.807, 2.05) is 19.1 Å². The van der Waals surface area contributed by atoms with Crippen LogP contribution in [-0.4, -0.2) is 27.3 Å². The standard InChI is InChI=1S/C21H17FIN4O/c1-13-2-3-14(10-23-27-13)11-24-21-18-8-16(15-4-6-17(22)7-5-15)9-19(28)20(18)25-12-26-21/h2-10,12,28H,11H2,1H3,(H,24,25,26)/q-1. The third-order valence-electron chi connectivity index (χ3n) is 4.27. The number of fused-ring (bicyclic) bond motifs is 1. The molecule has 0 atom stereocenters. The number of hydrogen-bond acceptors (Lipinski definition) is 5. The second-order valence-electron chi connectivity index (χ2n) is 6.32. The van der Waals surface area contributed by atoms with E-state index in [1.54, 1.807) is 18.2 Å². The molecule has 0 unspecified atom stereocenters. The summed E-state index contributed by atoms with van der Waals surface area (Å²) in [6.45, 7) is 2.60. The number of allylic oxidation sites excluding steroid dienone is 1. The van der Waals surface area contributed by atoms with Crippen molar-refractivity contribution in [3.05, 3.63) is 70.4 Å². The minimum atomic E-state index is -0.335. The zero-order valence-corrected chi connectivity index (χ0v) is 17.2. The fraction of sp³-hybridized carbons (Fsp3) is 0.0952. The summed E-state index contributed by atoms with van der Waals surface area (Å²) in [7, 11) is 0.